The first-order chi connectivity index (χ1) is 9.81. The third-order valence-corrected chi connectivity index (χ3v) is 2.77. The molecule has 102 valence electrons. The van der Waals surface area contributed by atoms with Gasteiger partial charge in [-0.2, -0.15) is 0 Å². The standard InChI is InChI=1S/C17H17NO2/c18-10-2-5-14-3-1-4-16(11-14)13-20-17-8-6-15(12-19)7-9-17/h1,3-4,6-9,11,19H,10,12-13,18H2. The smallest absolute Gasteiger partial charge is 0.119 e. The van der Waals surface area contributed by atoms with Crippen LogP contribution in [0, 0.1) is 11.8 Å². The van der Waals surface area contributed by atoms with Gasteiger partial charge in [0.25, 0.3) is 0 Å². The number of ether oxygens (including phenoxy) is 1. The molecule has 2 rings (SSSR count). The fourth-order valence-electron chi connectivity index (χ4n) is 1.75. The number of hydrogen-bond acceptors (Lipinski definition) is 3. The topological polar surface area (TPSA) is 55.5 Å². The molecule has 0 bridgehead atoms. The fraction of sp³-hybridized carbons (Fsp3) is 0.176. The summed E-state index contributed by atoms with van der Waals surface area (Å²) in [7, 11) is 0. The molecule has 0 spiro atoms. The van der Waals surface area contributed by atoms with Crippen LogP contribution in [0.3, 0.4) is 0 Å². The molecule has 0 fully saturated rings. The van der Waals surface area contributed by atoms with Gasteiger partial charge in [-0.05, 0) is 35.4 Å². The van der Waals surface area contributed by atoms with Gasteiger partial charge in [0.05, 0.1) is 13.2 Å². The normalized spacial score (nSPS) is 9.70. The minimum absolute atomic E-state index is 0.0438. The first-order valence-electron chi connectivity index (χ1n) is 6.42. The lowest BCUT2D eigenvalue weighted by molar-refractivity contribution is 0.280. The highest BCUT2D eigenvalue weighted by molar-refractivity contribution is 5.37. The van der Waals surface area contributed by atoms with Crippen molar-refractivity contribution >= 4 is 0 Å². The zero-order valence-electron chi connectivity index (χ0n) is 11.2. The van der Waals surface area contributed by atoms with E-state index in [1.807, 2.05) is 48.5 Å². The van der Waals surface area contributed by atoms with E-state index in [1.54, 1.807) is 0 Å². The first-order valence-corrected chi connectivity index (χ1v) is 6.42. The summed E-state index contributed by atoms with van der Waals surface area (Å²) >= 11 is 0. The zero-order chi connectivity index (χ0) is 14.2. The van der Waals surface area contributed by atoms with Crippen molar-refractivity contribution in [2.24, 2.45) is 5.73 Å². The minimum Gasteiger partial charge on any atom is -0.489 e. The molecule has 0 atom stereocenters. The van der Waals surface area contributed by atoms with Crippen molar-refractivity contribution in [2.75, 3.05) is 6.54 Å². The molecule has 0 aromatic heterocycles. The van der Waals surface area contributed by atoms with E-state index in [-0.39, 0.29) is 6.61 Å². The van der Waals surface area contributed by atoms with Crippen molar-refractivity contribution in [1.29, 1.82) is 0 Å². The van der Waals surface area contributed by atoms with Gasteiger partial charge in [0.2, 0.25) is 0 Å². The van der Waals surface area contributed by atoms with E-state index in [9.17, 15) is 0 Å². The van der Waals surface area contributed by atoms with E-state index in [4.69, 9.17) is 15.6 Å². The number of hydrogen-bond donors (Lipinski definition) is 2. The van der Waals surface area contributed by atoms with E-state index >= 15 is 0 Å². The van der Waals surface area contributed by atoms with Crippen LogP contribution in [-0.4, -0.2) is 11.7 Å². The Labute approximate surface area is 119 Å². The van der Waals surface area contributed by atoms with Crippen LogP contribution in [0.15, 0.2) is 48.5 Å². The Hall–Kier alpha value is -2.28. The van der Waals surface area contributed by atoms with Crippen LogP contribution in [-0.2, 0) is 13.2 Å². The van der Waals surface area contributed by atoms with Crippen molar-refractivity contribution in [3.05, 3.63) is 65.2 Å². The van der Waals surface area contributed by atoms with Crippen molar-refractivity contribution in [1.82, 2.24) is 0 Å². The monoisotopic (exact) mass is 267 g/mol. The molecule has 3 nitrogen and oxygen atoms in total. The van der Waals surface area contributed by atoms with Crippen LogP contribution in [0.5, 0.6) is 5.75 Å². The maximum absolute atomic E-state index is 8.98. The Morgan fingerprint density at radius 1 is 1.05 bits per heavy atom. The quantitative estimate of drug-likeness (QED) is 0.834. The zero-order valence-corrected chi connectivity index (χ0v) is 11.2. The van der Waals surface area contributed by atoms with Gasteiger partial charge in [-0.25, -0.2) is 0 Å². The summed E-state index contributed by atoms with van der Waals surface area (Å²) in [4.78, 5) is 0. The number of aliphatic hydroxyl groups excluding tert-OH is 1. The summed E-state index contributed by atoms with van der Waals surface area (Å²) in [6.07, 6.45) is 0. The van der Waals surface area contributed by atoms with Crippen LogP contribution >= 0.6 is 0 Å². The highest BCUT2D eigenvalue weighted by Gasteiger charge is 1.98. The molecule has 0 aliphatic carbocycles. The molecule has 3 heteroatoms. The third kappa shape index (κ3) is 4.13. The van der Waals surface area contributed by atoms with E-state index in [0.717, 1.165) is 22.4 Å². The van der Waals surface area contributed by atoms with Gasteiger partial charge in [-0.1, -0.05) is 36.1 Å². The van der Waals surface area contributed by atoms with Crippen molar-refractivity contribution < 1.29 is 9.84 Å². The first kappa shape index (κ1) is 14.1. The Kier molecular flexibility index (Phi) is 5.19. The Bertz CT molecular complexity index is 609. The van der Waals surface area contributed by atoms with Crippen LogP contribution in [0.4, 0.5) is 0 Å². The van der Waals surface area contributed by atoms with E-state index in [1.165, 1.54) is 0 Å². The molecule has 0 unspecified atom stereocenters. The SMILES string of the molecule is NCC#Cc1cccc(COc2ccc(CO)cc2)c1. The van der Waals surface area contributed by atoms with Crippen molar-refractivity contribution in [3.8, 4) is 17.6 Å². The molecule has 0 aliphatic heterocycles. The highest BCUT2D eigenvalue weighted by atomic mass is 16.5. The molecule has 0 saturated heterocycles. The Morgan fingerprint density at radius 3 is 2.55 bits per heavy atom. The average Bonchev–Trinajstić information content (AvgIpc) is 2.52. The lowest BCUT2D eigenvalue weighted by atomic mass is 10.1. The van der Waals surface area contributed by atoms with Crippen LogP contribution in [0.25, 0.3) is 0 Å². The van der Waals surface area contributed by atoms with E-state index in [2.05, 4.69) is 11.8 Å². The molecule has 0 heterocycles. The summed E-state index contributed by atoms with van der Waals surface area (Å²) < 4.78 is 5.70. The summed E-state index contributed by atoms with van der Waals surface area (Å²) in [6.45, 7) is 0.886. The predicted molar refractivity (Wildman–Crippen MR) is 79.1 cm³/mol. The lowest BCUT2D eigenvalue weighted by Crippen LogP contribution is -1.96. The maximum atomic E-state index is 8.98. The number of benzene rings is 2. The van der Waals surface area contributed by atoms with E-state index < -0.39 is 0 Å². The van der Waals surface area contributed by atoms with Crippen LogP contribution < -0.4 is 10.5 Å². The van der Waals surface area contributed by atoms with Crippen LogP contribution in [0.1, 0.15) is 16.7 Å². The summed E-state index contributed by atoms with van der Waals surface area (Å²) in [6, 6.07) is 15.3. The van der Waals surface area contributed by atoms with Gasteiger partial charge in [-0.3, -0.25) is 0 Å². The van der Waals surface area contributed by atoms with Crippen LogP contribution in [0.2, 0.25) is 0 Å². The van der Waals surface area contributed by atoms with Gasteiger partial charge in [0.1, 0.15) is 12.4 Å². The molecule has 2 aromatic carbocycles. The largest absolute Gasteiger partial charge is 0.489 e. The number of rotatable bonds is 4. The van der Waals surface area contributed by atoms with Gasteiger partial charge in [0, 0.05) is 5.56 Å². The average molecular weight is 267 g/mol. The molecule has 3 N–H and O–H groups in total. The fourth-order valence-corrected chi connectivity index (χ4v) is 1.75. The minimum atomic E-state index is 0.0438. The molecule has 2 aromatic rings. The second-order valence-corrected chi connectivity index (χ2v) is 4.30. The molecule has 0 amide bonds. The van der Waals surface area contributed by atoms with Gasteiger partial charge >= 0.3 is 0 Å². The Morgan fingerprint density at radius 2 is 1.85 bits per heavy atom. The second kappa shape index (κ2) is 7.34. The van der Waals surface area contributed by atoms with Gasteiger partial charge < -0.3 is 15.6 Å². The Balaban J connectivity index is 1.99. The molecule has 0 saturated carbocycles. The van der Waals surface area contributed by atoms with Crippen molar-refractivity contribution in [3.63, 3.8) is 0 Å². The van der Waals surface area contributed by atoms with Gasteiger partial charge in [-0.15, -0.1) is 0 Å². The summed E-state index contributed by atoms with van der Waals surface area (Å²) in [5, 5.41) is 8.98. The molecule has 0 aliphatic rings. The predicted octanol–water partition coefficient (Wildman–Crippen LogP) is 2.07. The summed E-state index contributed by atoms with van der Waals surface area (Å²) in [5.74, 6) is 6.61. The molecular weight excluding hydrogens is 250 g/mol. The maximum Gasteiger partial charge on any atom is 0.119 e. The number of aliphatic hydroxyl groups is 1. The number of nitrogens with two attached hydrogens (primary N) is 1. The highest BCUT2D eigenvalue weighted by Crippen LogP contribution is 2.14. The second-order valence-electron chi connectivity index (χ2n) is 4.30. The molecule has 0 radical (unpaired) electrons. The third-order valence-electron chi connectivity index (χ3n) is 2.77. The van der Waals surface area contributed by atoms with Crippen molar-refractivity contribution in [2.45, 2.75) is 13.2 Å². The molecular formula is C17H17NO2. The molecule has 20 heavy (non-hydrogen) atoms. The summed E-state index contributed by atoms with van der Waals surface area (Å²) in [5.41, 5.74) is 8.22. The van der Waals surface area contributed by atoms with E-state index in [0.29, 0.717) is 13.2 Å². The lowest BCUT2D eigenvalue weighted by Gasteiger charge is -2.07. The van der Waals surface area contributed by atoms with Gasteiger partial charge in [0.15, 0.2) is 0 Å².